The van der Waals surface area contributed by atoms with Gasteiger partial charge in [0.1, 0.15) is 12.4 Å². The number of nitrogens with zero attached hydrogens (tertiary/aromatic N) is 2. The average Bonchev–Trinajstić information content (AvgIpc) is 3.11. The van der Waals surface area contributed by atoms with Crippen molar-refractivity contribution in [2.75, 3.05) is 12.0 Å². The van der Waals surface area contributed by atoms with Gasteiger partial charge in [-0.1, -0.05) is 54.3 Å². The van der Waals surface area contributed by atoms with E-state index in [1.165, 1.54) is 36.3 Å². The van der Waals surface area contributed by atoms with Gasteiger partial charge in [-0.05, 0) is 35.9 Å². The van der Waals surface area contributed by atoms with E-state index in [-0.39, 0.29) is 28.3 Å². The van der Waals surface area contributed by atoms with Crippen molar-refractivity contribution in [3.63, 3.8) is 0 Å². The van der Waals surface area contributed by atoms with E-state index < -0.39 is 4.92 Å². The Kier molecular flexibility index (Phi) is 6.90. The van der Waals surface area contributed by atoms with Crippen LogP contribution in [-0.2, 0) is 11.4 Å². The molecule has 1 fully saturated rings. The first-order valence-corrected chi connectivity index (χ1v) is 11.2. The van der Waals surface area contributed by atoms with Gasteiger partial charge in [0.05, 0.1) is 22.6 Å². The number of nitro groups is 1. The van der Waals surface area contributed by atoms with Crippen LogP contribution in [0.15, 0.2) is 71.6 Å². The molecule has 1 saturated heterocycles. The zero-order chi connectivity index (χ0) is 24.2. The first-order valence-electron chi connectivity index (χ1n) is 9.94. The minimum absolute atomic E-state index is 0.00138. The van der Waals surface area contributed by atoms with E-state index in [1.807, 2.05) is 0 Å². The summed E-state index contributed by atoms with van der Waals surface area (Å²) in [6.45, 7) is 0.00138. The maximum absolute atomic E-state index is 13.9. The number of benzene rings is 3. The Morgan fingerprint density at radius 1 is 1.12 bits per heavy atom. The predicted octanol–water partition coefficient (Wildman–Crippen LogP) is 5.73. The van der Waals surface area contributed by atoms with Crippen LogP contribution in [0.2, 0.25) is 0 Å². The highest BCUT2D eigenvalue weighted by Gasteiger charge is 2.34. The molecule has 34 heavy (non-hydrogen) atoms. The molecule has 1 aliphatic rings. The number of ether oxygens (including phenoxy) is 2. The molecule has 172 valence electrons. The zero-order valence-electron chi connectivity index (χ0n) is 17.8. The molecule has 10 heteroatoms. The highest BCUT2D eigenvalue weighted by atomic mass is 32.2. The standard InChI is InChI=1S/C24H17FN2O5S2/c1-31-20-10-9-15(11-21(20)32-14-16-5-2-3-8-19(16)25)12-22-23(28)26(24(33)34-22)17-6-4-7-18(13-17)27(29)30/h2-13H,14H2,1H3/b22-12+. The summed E-state index contributed by atoms with van der Waals surface area (Å²) in [5, 5.41) is 11.1. The SMILES string of the molecule is COc1ccc(/C=C2/SC(=S)N(c3cccc([N+](=O)[O-])c3)C2=O)cc1OCc1ccccc1F. The van der Waals surface area contributed by atoms with Gasteiger partial charge in [-0.2, -0.15) is 0 Å². The molecule has 1 amide bonds. The number of hydrogen-bond acceptors (Lipinski definition) is 7. The third-order valence-corrected chi connectivity index (χ3v) is 6.22. The molecule has 0 aromatic heterocycles. The molecule has 0 unspecified atom stereocenters. The van der Waals surface area contributed by atoms with Crippen LogP contribution in [0.1, 0.15) is 11.1 Å². The molecular formula is C24H17FN2O5S2. The van der Waals surface area contributed by atoms with Crippen LogP contribution in [-0.4, -0.2) is 22.3 Å². The Labute approximate surface area is 203 Å². The second kappa shape index (κ2) is 10.0. The van der Waals surface area contributed by atoms with Gasteiger partial charge in [0.15, 0.2) is 15.8 Å². The smallest absolute Gasteiger partial charge is 0.271 e. The van der Waals surface area contributed by atoms with Gasteiger partial charge in [0.25, 0.3) is 11.6 Å². The zero-order valence-corrected chi connectivity index (χ0v) is 19.4. The lowest BCUT2D eigenvalue weighted by atomic mass is 10.1. The number of methoxy groups -OCH3 is 1. The molecule has 0 N–H and O–H groups in total. The number of anilines is 1. The van der Waals surface area contributed by atoms with Gasteiger partial charge in [-0.15, -0.1) is 0 Å². The maximum Gasteiger partial charge on any atom is 0.271 e. The highest BCUT2D eigenvalue weighted by Crippen LogP contribution is 2.38. The summed E-state index contributed by atoms with van der Waals surface area (Å²) in [4.78, 5) is 25.2. The van der Waals surface area contributed by atoms with E-state index in [0.717, 1.165) is 11.8 Å². The normalized spacial score (nSPS) is 14.5. The van der Waals surface area contributed by atoms with E-state index in [2.05, 4.69) is 0 Å². The number of nitro benzene ring substituents is 1. The van der Waals surface area contributed by atoms with Gasteiger partial charge in [-0.3, -0.25) is 19.8 Å². The largest absolute Gasteiger partial charge is 0.493 e. The number of thiocarbonyl (C=S) groups is 1. The molecule has 1 heterocycles. The molecule has 0 saturated carbocycles. The van der Waals surface area contributed by atoms with E-state index in [1.54, 1.807) is 48.5 Å². The fraction of sp³-hybridized carbons (Fsp3) is 0.0833. The van der Waals surface area contributed by atoms with Crippen LogP contribution in [0, 0.1) is 15.9 Å². The molecule has 3 aromatic rings. The number of halogens is 1. The number of thioether (sulfide) groups is 1. The van der Waals surface area contributed by atoms with Crippen LogP contribution in [0.4, 0.5) is 15.8 Å². The number of carbonyl (C=O) groups is 1. The van der Waals surface area contributed by atoms with Crippen molar-refractivity contribution in [1.82, 2.24) is 0 Å². The van der Waals surface area contributed by atoms with Crippen molar-refractivity contribution in [1.29, 1.82) is 0 Å². The van der Waals surface area contributed by atoms with Crippen molar-refractivity contribution in [2.24, 2.45) is 0 Å². The molecular weight excluding hydrogens is 479 g/mol. The molecule has 0 atom stereocenters. The maximum atomic E-state index is 13.9. The Morgan fingerprint density at radius 3 is 2.65 bits per heavy atom. The molecule has 3 aromatic carbocycles. The fourth-order valence-corrected chi connectivity index (χ4v) is 4.55. The van der Waals surface area contributed by atoms with Crippen LogP contribution < -0.4 is 14.4 Å². The van der Waals surface area contributed by atoms with Crippen LogP contribution >= 0.6 is 24.0 Å². The van der Waals surface area contributed by atoms with E-state index in [9.17, 15) is 19.3 Å². The summed E-state index contributed by atoms with van der Waals surface area (Å²) >= 11 is 6.44. The Morgan fingerprint density at radius 2 is 1.91 bits per heavy atom. The topological polar surface area (TPSA) is 81.9 Å². The number of amides is 1. The minimum atomic E-state index is -0.531. The summed E-state index contributed by atoms with van der Waals surface area (Å²) < 4.78 is 25.3. The number of hydrogen-bond donors (Lipinski definition) is 0. The third-order valence-electron chi connectivity index (χ3n) is 4.92. The molecule has 0 radical (unpaired) electrons. The van der Waals surface area contributed by atoms with Crippen LogP contribution in [0.3, 0.4) is 0 Å². The quantitative estimate of drug-likeness (QED) is 0.179. The van der Waals surface area contributed by atoms with Gasteiger partial charge in [-0.25, -0.2) is 4.39 Å². The Balaban J connectivity index is 1.59. The molecule has 1 aliphatic heterocycles. The Hall–Kier alpha value is -3.76. The molecule has 0 spiro atoms. The first-order chi connectivity index (χ1) is 16.4. The van der Waals surface area contributed by atoms with E-state index >= 15 is 0 Å². The molecule has 0 bridgehead atoms. The van der Waals surface area contributed by atoms with Crippen LogP contribution in [0.5, 0.6) is 11.5 Å². The molecule has 7 nitrogen and oxygen atoms in total. The monoisotopic (exact) mass is 496 g/mol. The van der Waals surface area contributed by atoms with Crippen LogP contribution in [0.25, 0.3) is 6.08 Å². The third kappa shape index (κ3) is 4.92. The lowest BCUT2D eigenvalue weighted by molar-refractivity contribution is -0.384. The first kappa shape index (κ1) is 23.4. The molecule has 4 rings (SSSR count). The predicted molar refractivity (Wildman–Crippen MR) is 132 cm³/mol. The number of carbonyl (C=O) groups excluding carboxylic acids is 1. The minimum Gasteiger partial charge on any atom is -0.493 e. The van der Waals surface area contributed by atoms with Gasteiger partial charge >= 0.3 is 0 Å². The molecule has 0 aliphatic carbocycles. The lowest BCUT2D eigenvalue weighted by Gasteiger charge is -2.14. The summed E-state index contributed by atoms with van der Waals surface area (Å²) in [6, 6.07) is 17.1. The van der Waals surface area contributed by atoms with Gasteiger partial charge in [0.2, 0.25) is 0 Å². The van der Waals surface area contributed by atoms with Gasteiger partial charge < -0.3 is 9.47 Å². The van der Waals surface area contributed by atoms with Crippen molar-refractivity contribution < 1.29 is 23.6 Å². The highest BCUT2D eigenvalue weighted by molar-refractivity contribution is 8.27. The van der Waals surface area contributed by atoms with Crippen molar-refractivity contribution in [2.45, 2.75) is 6.61 Å². The van der Waals surface area contributed by atoms with Gasteiger partial charge in [0, 0.05) is 17.7 Å². The second-order valence-corrected chi connectivity index (χ2v) is 8.76. The van der Waals surface area contributed by atoms with E-state index in [4.69, 9.17) is 21.7 Å². The number of rotatable bonds is 7. The summed E-state index contributed by atoms with van der Waals surface area (Å²) in [6.07, 6.45) is 1.64. The number of non-ortho nitro benzene ring substituents is 1. The average molecular weight is 497 g/mol. The van der Waals surface area contributed by atoms with E-state index in [0.29, 0.717) is 33.2 Å². The fourth-order valence-electron chi connectivity index (χ4n) is 3.25. The summed E-state index contributed by atoms with van der Waals surface area (Å²) in [5.41, 5.74) is 1.22. The lowest BCUT2D eigenvalue weighted by Crippen LogP contribution is -2.27. The summed E-state index contributed by atoms with van der Waals surface area (Å²) in [7, 11) is 1.50. The van der Waals surface area contributed by atoms with Crippen molar-refractivity contribution in [3.8, 4) is 11.5 Å². The second-order valence-electron chi connectivity index (χ2n) is 7.08. The van der Waals surface area contributed by atoms with Crippen molar-refractivity contribution in [3.05, 3.63) is 98.7 Å². The summed E-state index contributed by atoms with van der Waals surface area (Å²) in [5.74, 6) is 0.0777. The van der Waals surface area contributed by atoms with Crippen molar-refractivity contribution >= 4 is 51.7 Å². The Bertz CT molecular complexity index is 1330.